The lowest BCUT2D eigenvalue weighted by Gasteiger charge is -2.17. The zero-order valence-corrected chi connectivity index (χ0v) is 14.5. The normalized spacial score (nSPS) is 21.0. The minimum Gasteiger partial charge on any atom is -0.497 e. The number of nitrogens with zero attached hydrogens (tertiary/aromatic N) is 1. The first-order valence-electron chi connectivity index (χ1n) is 8.67. The summed E-state index contributed by atoms with van der Waals surface area (Å²) >= 11 is 0. The van der Waals surface area contributed by atoms with Gasteiger partial charge in [0.1, 0.15) is 5.75 Å². The molecule has 128 valence electrons. The summed E-state index contributed by atoms with van der Waals surface area (Å²) in [6, 6.07) is 13.7. The second kappa shape index (κ2) is 6.03. The first kappa shape index (κ1) is 15.9. The second-order valence-corrected chi connectivity index (χ2v) is 6.86. The minimum absolute atomic E-state index is 0.0619. The molecule has 1 aliphatic heterocycles. The van der Waals surface area contributed by atoms with Gasteiger partial charge in [-0.25, -0.2) is 0 Å². The summed E-state index contributed by atoms with van der Waals surface area (Å²) in [6.45, 7) is 2.28. The Balaban J connectivity index is 1.49. The molecule has 4 nitrogen and oxygen atoms in total. The molecule has 1 fully saturated rings. The van der Waals surface area contributed by atoms with Crippen molar-refractivity contribution in [3.8, 4) is 5.75 Å². The van der Waals surface area contributed by atoms with Gasteiger partial charge in [-0.1, -0.05) is 12.1 Å². The number of fused-ring (bicyclic) bond motifs is 1. The Hall–Kier alpha value is -2.62. The van der Waals surface area contributed by atoms with E-state index in [1.807, 2.05) is 47.4 Å². The van der Waals surface area contributed by atoms with Crippen molar-refractivity contribution < 1.29 is 14.3 Å². The number of carbonyl (C=O) groups excluding carboxylic acids is 2. The topological polar surface area (TPSA) is 46.6 Å². The van der Waals surface area contributed by atoms with Crippen LogP contribution in [0.1, 0.15) is 40.7 Å². The van der Waals surface area contributed by atoms with E-state index in [9.17, 15) is 9.59 Å². The molecule has 2 aromatic carbocycles. The predicted octanol–water partition coefficient (Wildman–Crippen LogP) is 3.59. The largest absolute Gasteiger partial charge is 0.497 e. The number of ketones is 1. The summed E-state index contributed by atoms with van der Waals surface area (Å²) in [4.78, 5) is 26.4. The van der Waals surface area contributed by atoms with Crippen molar-refractivity contribution in [3.05, 3.63) is 59.2 Å². The van der Waals surface area contributed by atoms with Crippen LogP contribution in [0, 0.1) is 5.92 Å². The highest BCUT2D eigenvalue weighted by atomic mass is 16.5. The number of ether oxygens (including phenoxy) is 1. The Kier molecular flexibility index (Phi) is 3.83. The lowest BCUT2D eigenvalue weighted by molar-refractivity contribution is -0.119. The van der Waals surface area contributed by atoms with Gasteiger partial charge in [0, 0.05) is 23.7 Å². The maximum Gasteiger partial charge on any atom is 0.230 e. The number of benzene rings is 2. The van der Waals surface area contributed by atoms with Crippen LogP contribution in [0.5, 0.6) is 5.75 Å². The fraction of sp³-hybridized carbons (Fsp3) is 0.333. The Morgan fingerprint density at radius 2 is 1.88 bits per heavy atom. The number of anilines is 1. The van der Waals surface area contributed by atoms with E-state index in [0.717, 1.165) is 35.4 Å². The van der Waals surface area contributed by atoms with Crippen LogP contribution < -0.4 is 9.64 Å². The molecule has 1 amide bonds. The van der Waals surface area contributed by atoms with Crippen LogP contribution in [0.15, 0.2) is 42.5 Å². The molecule has 1 heterocycles. The van der Waals surface area contributed by atoms with Gasteiger partial charge in [0.25, 0.3) is 0 Å². The average Bonchev–Trinajstić information content (AvgIpc) is 3.32. The first-order valence-corrected chi connectivity index (χ1v) is 8.67. The molecule has 0 radical (unpaired) electrons. The fourth-order valence-corrected chi connectivity index (χ4v) is 3.74. The quantitative estimate of drug-likeness (QED) is 0.802. The Bertz CT molecular complexity index is 841. The van der Waals surface area contributed by atoms with Gasteiger partial charge in [-0.3, -0.25) is 9.59 Å². The van der Waals surface area contributed by atoms with E-state index >= 15 is 0 Å². The number of amides is 1. The lowest BCUT2D eigenvalue weighted by atomic mass is 10.1. The van der Waals surface area contributed by atoms with E-state index in [2.05, 4.69) is 0 Å². The molecule has 2 aliphatic rings. The molecule has 0 saturated heterocycles. The second-order valence-electron chi connectivity index (χ2n) is 6.86. The molecule has 1 aliphatic carbocycles. The monoisotopic (exact) mass is 335 g/mol. The molecule has 2 aromatic rings. The molecule has 0 N–H and O–H groups in total. The van der Waals surface area contributed by atoms with Crippen LogP contribution >= 0.6 is 0 Å². The number of Topliss-reactive ketones (excluding diaryl/α,β-unsaturated/α-hetero) is 1. The van der Waals surface area contributed by atoms with Crippen LogP contribution in [0.4, 0.5) is 5.69 Å². The molecular weight excluding hydrogens is 314 g/mol. The standard InChI is InChI=1S/C21H21NO3/c1-13(23)15-5-8-20-16(11-15)9-10-22(20)21(24)19-12-18(19)14-3-6-17(25-2)7-4-14/h3-8,11,18-19H,9-10,12H2,1-2H3. The number of hydrogen-bond donors (Lipinski definition) is 0. The van der Waals surface area contributed by atoms with Crippen molar-refractivity contribution in [2.45, 2.75) is 25.7 Å². The van der Waals surface area contributed by atoms with E-state index in [-0.39, 0.29) is 17.6 Å². The Morgan fingerprint density at radius 3 is 2.56 bits per heavy atom. The molecule has 0 aromatic heterocycles. The van der Waals surface area contributed by atoms with Gasteiger partial charge in [0.05, 0.1) is 7.11 Å². The SMILES string of the molecule is COc1ccc(C2CC2C(=O)N2CCc3cc(C(C)=O)ccc32)cc1. The summed E-state index contributed by atoms with van der Waals surface area (Å²) in [5, 5.41) is 0. The van der Waals surface area contributed by atoms with Crippen molar-refractivity contribution in [1.29, 1.82) is 0 Å². The van der Waals surface area contributed by atoms with Crippen LogP contribution in [-0.4, -0.2) is 25.3 Å². The third-order valence-corrected chi connectivity index (χ3v) is 5.30. The molecule has 0 spiro atoms. The highest BCUT2D eigenvalue weighted by Crippen LogP contribution is 2.49. The third kappa shape index (κ3) is 2.82. The molecule has 2 atom stereocenters. The fourth-order valence-electron chi connectivity index (χ4n) is 3.74. The smallest absolute Gasteiger partial charge is 0.230 e. The van der Waals surface area contributed by atoms with Crippen molar-refractivity contribution in [1.82, 2.24) is 0 Å². The first-order chi connectivity index (χ1) is 12.1. The molecule has 0 bridgehead atoms. The van der Waals surface area contributed by atoms with Crippen molar-refractivity contribution in [3.63, 3.8) is 0 Å². The van der Waals surface area contributed by atoms with Gasteiger partial charge in [-0.05, 0) is 67.1 Å². The maximum atomic E-state index is 12.9. The number of carbonyl (C=O) groups is 2. The maximum absolute atomic E-state index is 12.9. The molecular formula is C21H21NO3. The minimum atomic E-state index is 0.0619. The van der Waals surface area contributed by atoms with Gasteiger partial charge < -0.3 is 9.64 Å². The molecule has 25 heavy (non-hydrogen) atoms. The van der Waals surface area contributed by atoms with E-state index in [0.29, 0.717) is 12.5 Å². The van der Waals surface area contributed by atoms with Crippen LogP contribution in [0.25, 0.3) is 0 Å². The van der Waals surface area contributed by atoms with Crippen LogP contribution in [0.2, 0.25) is 0 Å². The van der Waals surface area contributed by atoms with Gasteiger partial charge in [0.15, 0.2) is 5.78 Å². The predicted molar refractivity (Wildman–Crippen MR) is 96.3 cm³/mol. The molecule has 4 heteroatoms. The third-order valence-electron chi connectivity index (χ3n) is 5.30. The molecule has 2 unspecified atom stereocenters. The van der Waals surface area contributed by atoms with Gasteiger partial charge in [-0.15, -0.1) is 0 Å². The summed E-state index contributed by atoms with van der Waals surface area (Å²) in [5.41, 5.74) is 3.99. The van der Waals surface area contributed by atoms with Gasteiger partial charge in [0.2, 0.25) is 5.91 Å². The van der Waals surface area contributed by atoms with Crippen LogP contribution in [0.3, 0.4) is 0 Å². The van der Waals surface area contributed by atoms with Gasteiger partial charge >= 0.3 is 0 Å². The Morgan fingerprint density at radius 1 is 1.12 bits per heavy atom. The van der Waals surface area contributed by atoms with E-state index in [1.54, 1.807) is 14.0 Å². The van der Waals surface area contributed by atoms with E-state index in [4.69, 9.17) is 4.74 Å². The average molecular weight is 335 g/mol. The summed E-state index contributed by atoms with van der Waals surface area (Å²) in [6.07, 6.45) is 1.73. The number of rotatable bonds is 4. The molecule has 1 saturated carbocycles. The zero-order valence-electron chi connectivity index (χ0n) is 14.5. The molecule has 4 rings (SSSR count). The summed E-state index contributed by atoms with van der Waals surface area (Å²) < 4.78 is 5.19. The van der Waals surface area contributed by atoms with E-state index in [1.165, 1.54) is 5.56 Å². The van der Waals surface area contributed by atoms with Crippen molar-refractivity contribution in [2.75, 3.05) is 18.6 Å². The summed E-state index contributed by atoms with van der Waals surface area (Å²) in [7, 11) is 1.65. The zero-order chi connectivity index (χ0) is 17.6. The van der Waals surface area contributed by atoms with Gasteiger partial charge in [-0.2, -0.15) is 0 Å². The number of hydrogen-bond acceptors (Lipinski definition) is 3. The number of methoxy groups -OCH3 is 1. The summed E-state index contributed by atoms with van der Waals surface area (Å²) in [5.74, 6) is 1.47. The van der Waals surface area contributed by atoms with Crippen LogP contribution in [-0.2, 0) is 11.2 Å². The van der Waals surface area contributed by atoms with E-state index < -0.39 is 0 Å². The highest BCUT2D eigenvalue weighted by Gasteiger charge is 2.46. The lowest BCUT2D eigenvalue weighted by Crippen LogP contribution is -2.30. The Labute approximate surface area is 147 Å². The highest BCUT2D eigenvalue weighted by molar-refractivity contribution is 6.00. The van der Waals surface area contributed by atoms with Crippen molar-refractivity contribution in [2.24, 2.45) is 5.92 Å². The van der Waals surface area contributed by atoms with Crippen molar-refractivity contribution >= 4 is 17.4 Å².